The van der Waals surface area contributed by atoms with Gasteiger partial charge in [0.15, 0.2) is 0 Å². The Morgan fingerprint density at radius 3 is 2.23 bits per heavy atom. The molecular weight excluding hydrogens is 288 g/mol. The number of hydrogen-bond donors (Lipinski definition) is 0. The van der Waals surface area contributed by atoms with Crippen molar-refractivity contribution in [2.24, 2.45) is 4.99 Å². The molecule has 0 atom stereocenters. The molecule has 0 saturated carbocycles. The van der Waals surface area contributed by atoms with Crippen LogP contribution < -0.4 is 9.75 Å². The summed E-state index contributed by atoms with van der Waals surface area (Å²) in [6, 6.07) is 2.23. The summed E-state index contributed by atoms with van der Waals surface area (Å²) >= 11 is 1.85. The van der Waals surface area contributed by atoms with Crippen molar-refractivity contribution >= 4 is 30.0 Å². The van der Waals surface area contributed by atoms with Crippen LogP contribution in [-0.2, 0) is 5.41 Å². The maximum atomic E-state index is 4.79. The Balaban J connectivity index is 3.51. The van der Waals surface area contributed by atoms with Crippen molar-refractivity contribution in [1.29, 1.82) is 0 Å². The van der Waals surface area contributed by atoms with E-state index >= 15 is 0 Å². The highest BCUT2D eigenvalue weighted by atomic mass is 32.1. The van der Waals surface area contributed by atoms with Crippen molar-refractivity contribution in [3.63, 3.8) is 0 Å². The van der Waals surface area contributed by atoms with Crippen LogP contribution in [0.15, 0.2) is 11.1 Å². The molecule has 0 amide bonds. The normalized spacial score (nSPS) is 13.7. The summed E-state index contributed by atoms with van der Waals surface area (Å²) in [7, 11) is 0. The number of thiophene rings is 1. The van der Waals surface area contributed by atoms with Gasteiger partial charge in [-0.15, -0.1) is 11.3 Å². The first kappa shape index (κ1) is 19.0. The van der Waals surface area contributed by atoms with Gasteiger partial charge in [-0.05, 0) is 36.0 Å². The summed E-state index contributed by atoms with van der Waals surface area (Å²) in [5.41, 5.74) is 0.162. The van der Waals surface area contributed by atoms with E-state index in [1.54, 1.807) is 0 Å². The van der Waals surface area contributed by atoms with Gasteiger partial charge in [-0.2, -0.15) is 0 Å². The van der Waals surface area contributed by atoms with Crippen molar-refractivity contribution in [3.8, 4) is 0 Å². The highest BCUT2D eigenvalue weighted by Gasteiger charge is 2.17. The highest BCUT2D eigenvalue weighted by Crippen LogP contribution is 2.23. The van der Waals surface area contributed by atoms with Crippen molar-refractivity contribution in [2.45, 2.75) is 66.2 Å². The molecule has 1 heterocycles. The molecule has 0 spiro atoms. The van der Waals surface area contributed by atoms with Gasteiger partial charge in [0.05, 0.1) is 4.53 Å². The fraction of sp³-hybridized carbons (Fsp3) is 0.632. The molecule has 1 rings (SSSR count). The van der Waals surface area contributed by atoms with Crippen LogP contribution in [-0.4, -0.2) is 24.2 Å². The Bertz CT molecular complexity index is 584. The predicted molar refractivity (Wildman–Crippen MR) is 102 cm³/mol. The van der Waals surface area contributed by atoms with Crippen LogP contribution in [0.2, 0.25) is 0 Å². The lowest BCUT2D eigenvalue weighted by molar-refractivity contribution is 0.388. The minimum absolute atomic E-state index is 0.162. The molecule has 0 saturated heterocycles. The average molecular weight is 321 g/mol. The minimum Gasteiger partial charge on any atom is -0.355 e. The Labute approximate surface area is 140 Å². The zero-order chi connectivity index (χ0) is 16.8. The maximum absolute atomic E-state index is 4.79. The first-order chi connectivity index (χ1) is 10.3. The molecule has 0 bridgehead atoms. The van der Waals surface area contributed by atoms with Gasteiger partial charge in [-0.25, -0.2) is 4.99 Å². The topological polar surface area (TPSA) is 15.6 Å². The van der Waals surface area contributed by atoms with Gasteiger partial charge in [-0.3, -0.25) is 0 Å². The Kier molecular flexibility index (Phi) is 7.34. The molecule has 0 aliphatic heterocycles. The monoisotopic (exact) mass is 320 g/mol. The number of hydrogen-bond acceptors (Lipinski definition) is 3. The SMILES string of the molecule is C=c1cc(C(C)(C)C)s/c1=C(/N=C\CC)N(CCC)CCC. The summed E-state index contributed by atoms with van der Waals surface area (Å²) in [5, 5.41) is 1.11. The van der Waals surface area contributed by atoms with Gasteiger partial charge in [0.25, 0.3) is 0 Å². The van der Waals surface area contributed by atoms with Crippen molar-refractivity contribution in [2.75, 3.05) is 13.1 Å². The van der Waals surface area contributed by atoms with E-state index in [9.17, 15) is 0 Å². The standard InChI is InChI=1S/C19H32N2S/c1-8-11-20-18(21(12-9-2)13-10-3)17-15(4)14-16(22-17)19(5,6)7/h11,14H,4,8-10,12-13H2,1-3,5-7H3/b18-17-,20-11-. The summed E-state index contributed by atoms with van der Waals surface area (Å²) < 4.78 is 1.23. The fourth-order valence-corrected chi connectivity index (χ4v) is 3.50. The van der Waals surface area contributed by atoms with Crippen molar-refractivity contribution in [3.05, 3.63) is 20.7 Å². The van der Waals surface area contributed by atoms with E-state index in [2.05, 4.69) is 59.1 Å². The van der Waals surface area contributed by atoms with E-state index in [0.717, 1.165) is 43.4 Å². The minimum atomic E-state index is 0.162. The third-order valence-corrected chi connectivity index (χ3v) is 5.03. The van der Waals surface area contributed by atoms with Crippen LogP contribution in [0, 0.1) is 0 Å². The fourth-order valence-electron chi connectivity index (χ4n) is 2.31. The zero-order valence-electron chi connectivity index (χ0n) is 15.2. The first-order valence-electron chi connectivity index (χ1n) is 8.46. The van der Waals surface area contributed by atoms with Crippen LogP contribution in [0.25, 0.3) is 12.4 Å². The van der Waals surface area contributed by atoms with E-state index in [-0.39, 0.29) is 5.41 Å². The molecule has 3 heteroatoms. The van der Waals surface area contributed by atoms with E-state index in [1.807, 2.05) is 17.6 Å². The zero-order valence-corrected chi connectivity index (χ0v) is 16.0. The van der Waals surface area contributed by atoms with Crippen LogP contribution >= 0.6 is 11.3 Å². The van der Waals surface area contributed by atoms with Crippen molar-refractivity contribution < 1.29 is 0 Å². The lowest BCUT2D eigenvalue weighted by Gasteiger charge is -2.23. The Morgan fingerprint density at radius 2 is 1.82 bits per heavy atom. The van der Waals surface area contributed by atoms with Crippen molar-refractivity contribution in [1.82, 2.24) is 4.90 Å². The smallest absolute Gasteiger partial charge is 0.146 e. The molecule has 1 aromatic heterocycles. The average Bonchev–Trinajstić information content (AvgIpc) is 2.82. The molecule has 0 aliphatic carbocycles. The third kappa shape index (κ3) is 4.98. The van der Waals surface area contributed by atoms with Crippen LogP contribution in [0.3, 0.4) is 0 Å². The second-order valence-corrected chi connectivity index (χ2v) is 7.80. The molecule has 0 fully saturated rings. The van der Waals surface area contributed by atoms with Gasteiger partial charge in [0, 0.05) is 24.2 Å². The summed E-state index contributed by atoms with van der Waals surface area (Å²) in [5.74, 6) is 1.11. The second-order valence-electron chi connectivity index (χ2n) is 6.75. The van der Waals surface area contributed by atoms with Gasteiger partial charge < -0.3 is 4.90 Å². The summed E-state index contributed by atoms with van der Waals surface area (Å²) in [6.45, 7) is 19.7. The number of nitrogens with zero attached hydrogens (tertiary/aromatic N) is 2. The Hall–Kier alpha value is -1.09. The quantitative estimate of drug-likeness (QED) is 0.690. The predicted octanol–water partition coefficient (Wildman–Crippen LogP) is 4.12. The molecule has 0 radical (unpaired) electrons. The number of aliphatic imine (C=N–C) groups is 1. The third-order valence-electron chi connectivity index (χ3n) is 3.43. The van der Waals surface area contributed by atoms with Crippen LogP contribution in [0.1, 0.15) is 65.7 Å². The molecule has 0 aliphatic rings. The largest absolute Gasteiger partial charge is 0.355 e. The lowest BCUT2D eigenvalue weighted by Crippen LogP contribution is -2.31. The highest BCUT2D eigenvalue weighted by molar-refractivity contribution is 7.10. The Morgan fingerprint density at radius 1 is 1.23 bits per heavy atom. The molecule has 1 aromatic rings. The molecule has 22 heavy (non-hydrogen) atoms. The van der Waals surface area contributed by atoms with E-state index < -0.39 is 0 Å². The van der Waals surface area contributed by atoms with E-state index in [4.69, 9.17) is 4.99 Å². The molecule has 0 N–H and O–H groups in total. The van der Waals surface area contributed by atoms with E-state index in [1.165, 1.54) is 9.41 Å². The molecule has 2 nitrogen and oxygen atoms in total. The summed E-state index contributed by atoms with van der Waals surface area (Å²) in [6.07, 6.45) is 5.24. The van der Waals surface area contributed by atoms with Gasteiger partial charge >= 0.3 is 0 Å². The van der Waals surface area contributed by atoms with E-state index in [0.29, 0.717) is 0 Å². The van der Waals surface area contributed by atoms with Crippen LogP contribution in [0.4, 0.5) is 0 Å². The first-order valence-corrected chi connectivity index (χ1v) is 9.27. The molecular formula is C19H32N2S. The van der Waals surface area contributed by atoms with Crippen LogP contribution in [0.5, 0.6) is 0 Å². The molecule has 0 unspecified atom stereocenters. The molecule has 0 aromatic carbocycles. The second kappa shape index (κ2) is 8.52. The van der Waals surface area contributed by atoms with Gasteiger partial charge in [-0.1, -0.05) is 48.1 Å². The summed E-state index contributed by atoms with van der Waals surface area (Å²) in [4.78, 5) is 8.59. The van der Waals surface area contributed by atoms with Gasteiger partial charge in [0.1, 0.15) is 5.82 Å². The number of rotatable bonds is 7. The van der Waals surface area contributed by atoms with Gasteiger partial charge in [0.2, 0.25) is 0 Å². The maximum Gasteiger partial charge on any atom is 0.146 e. The molecule has 124 valence electrons. The lowest BCUT2D eigenvalue weighted by atomic mass is 9.95.